The molecule has 1 aromatic heterocycles. The molecule has 8 atom stereocenters. The van der Waals surface area contributed by atoms with Crippen molar-refractivity contribution in [2.45, 2.75) is 100 Å². The van der Waals surface area contributed by atoms with Crippen molar-refractivity contribution in [3.63, 3.8) is 0 Å². The van der Waals surface area contributed by atoms with Crippen LogP contribution in [0, 0.1) is 11.8 Å². The third-order valence-corrected chi connectivity index (χ3v) is 11.7. The molecule has 8 unspecified atom stereocenters. The summed E-state index contributed by atoms with van der Waals surface area (Å²) < 4.78 is 9.17. The molecule has 0 spiro atoms. The summed E-state index contributed by atoms with van der Waals surface area (Å²) >= 11 is 7.14. The molecule has 5 aliphatic rings. The third-order valence-electron chi connectivity index (χ3n) is 10.6. The first-order valence-electron chi connectivity index (χ1n) is 15.3. The molecule has 0 radical (unpaired) electrons. The van der Waals surface area contributed by atoms with Crippen molar-refractivity contribution in [3.8, 4) is 22.8 Å². The molecule has 3 saturated carbocycles. The van der Waals surface area contributed by atoms with Crippen LogP contribution in [0.2, 0.25) is 0 Å². The van der Waals surface area contributed by atoms with Crippen molar-refractivity contribution in [2.75, 3.05) is 0 Å². The van der Waals surface area contributed by atoms with Crippen molar-refractivity contribution < 1.29 is 4.74 Å². The number of halogens is 2. The predicted molar refractivity (Wildman–Crippen MR) is 164 cm³/mol. The Kier molecular flexibility index (Phi) is 6.86. The van der Waals surface area contributed by atoms with E-state index in [0.29, 0.717) is 18.2 Å². The Labute approximate surface area is 253 Å². The summed E-state index contributed by atoms with van der Waals surface area (Å²) in [5, 5.41) is 0. The number of benzene rings is 2. The number of ether oxygens (including phenoxy) is 1. The van der Waals surface area contributed by atoms with E-state index in [2.05, 4.69) is 85.3 Å². The molecule has 3 aliphatic carbocycles. The van der Waals surface area contributed by atoms with Gasteiger partial charge in [-0.2, -0.15) is 0 Å². The van der Waals surface area contributed by atoms with Gasteiger partial charge in [0.15, 0.2) is 11.6 Å². The zero-order chi connectivity index (χ0) is 26.8. The lowest BCUT2D eigenvalue weighted by atomic mass is 9.72. The number of hydrogen-bond acceptors (Lipinski definition) is 5. The van der Waals surface area contributed by atoms with Gasteiger partial charge in [0.25, 0.3) is 0 Å². The lowest BCUT2D eigenvalue weighted by molar-refractivity contribution is -0.179. The third kappa shape index (κ3) is 4.50. The van der Waals surface area contributed by atoms with Gasteiger partial charge in [0, 0.05) is 44.1 Å². The highest BCUT2D eigenvalue weighted by molar-refractivity contribution is 9.10. The Hall–Kier alpha value is -1.67. The molecule has 0 amide bonds. The molecule has 3 aromatic rings. The van der Waals surface area contributed by atoms with Gasteiger partial charge in [0.2, 0.25) is 0 Å². The van der Waals surface area contributed by atoms with E-state index in [9.17, 15) is 0 Å². The number of nitrogens with zero attached hydrogens (tertiary/aromatic N) is 4. The van der Waals surface area contributed by atoms with Gasteiger partial charge in [-0.3, -0.25) is 4.90 Å². The van der Waals surface area contributed by atoms with E-state index < -0.39 is 0 Å². The van der Waals surface area contributed by atoms with Crippen molar-refractivity contribution in [3.05, 3.63) is 63.3 Å². The van der Waals surface area contributed by atoms with E-state index in [0.717, 1.165) is 68.3 Å². The molecular weight excluding hydrogens is 628 g/mol. The molecule has 2 aliphatic heterocycles. The summed E-state index contributed by atoms with van der Waals surface area (Å²) in [4.78, 5) is 18.2. The second kappa shape index (κ2) is 10.6. The van der Waals surface area contributed by atoms with Gasteiger partial charge in [-0.05, 0) is 81.0 Å². The fraction of sp³-hybridized carbons (Fsp3) is 0.545. The monoisotopic (exact) mass is 662 g/mol. The topological polar surface area (TPSA) is 51.1 Å². The fourth-order valence-electron chi connectivity index (χ4n) is 8.99. The number of hydrogen-bond donors (Lipinski definition) is 0. The average molecular weight is 664 g/mol. The molecule has 8 rings (SSSR count). The Morgan fingerprint density at radius 1 is 0.625 bits per heavy atom. The number of aromatic nitrogens is 3. The minimum absolute atomic E-state index is 0.281. The maximum atomic E-state index is 7.07. The SMILES string of the molecule is Brc1ccc(-c2nc(-c3ccc(Br)cc3)nc(C3CCC4C(C3)OC3CCCC5C6CCCCC6N4C35)n2)cc1. The summed E-state index contributed by atoms with van der Waals surface area (Å²) in [6.07, 6.45) is 13.7. The molecule has 5 nitrogen and oxygen atoms in total. The van der Waals surface area contributed by atoms with E-state index in [1.807, 2.05) is 0 Å². The second-order valence-corrected chi connectivity index (χ2v) is 14.5. The van der Waals surface area contributed by atoms with Gasteiger partial charge in [-0.1, -0.05) is 75.4 Å². The Balaban J connectivity index is 1.12. The Bertz CT molecular complexity index is 1320. The molecule has 5 fully saturated rings. The van der Waals surface area contributed by atoms with E-state index in [4.69, 9.17) is 19.7 Å². The normalized spacial score (nSPS) is 35.0. The predicted octanol–water partition coefficient (Wildman–Crippen LogP) is 8.18. The number of morpholine rings is 1. The standard InChI is InChI=1S/C33H36Br2N4O/c34-22-13-8-19(9-14-22)31-36-32(20-10-15-23(35)16-11-20)38-33(37-31)21-12-17-27-29(18-21)40-28-7-3-5-25-24-4-1-2-6-26(24)39(27)30(25)28/h8-11,13-16,21,24-30H,1-7,12,17-18H2. The highest BCUT2D eigenvalue weighted by Crippen LogP contribution is 2.55. The molecule has 208 valence electrons. The molecule has 2 saturated heterocycles. The summed E-state index contributed by atoms with van der Waals surface area (Å²) in [5.41, 5.74) is 2.04. The van der Waals surface area contributed by atoms with E-state index in [1.54, 1.807) is 0 Å². The lowest BCUT2D eigenvalue weighted by Crippen LogP contribution is -2.63. The summed E-state index contributed by atoms with van der Waals surface area (Å²) in [5.74, 6) is 4.49. The van der Waals surface area contributed by atoms with Gasteiger partial charge in [0.05, 0.1) is 12.2 Å². The molecule has 0 N–H and O–H groups in total. The van der Waals surface area contributed by atoms with Crippen LogP contribution in [0.25, 0.3) is 22.8 Å². The molecule has 2 aromatic carbocycles. The lowest BCUT2D eigenvalue weighted by Gasteiger charge is -2.54. The zero-order valence-electron chi connectivity index (χ0n) is 22.8. The van der Waals surface area contributed by atoms with Crippen LogP contribution in [0.5, 0.6) is 0 Å². The first kappa shape index (κ1) is 26.0. The Morgan fingerprint density at radius 3 is 1.98 bits per heavy atom. The minimum atomic E-state index is 0.281. The maximum absolute atomic E-state index is 7.07. The minimum Gasteiger partial charge on any atom is -0.372 e. The first-order chi connectivity index (χ1) is 19.6. The fourth-order valence-corrected chi connectivity index (χ4v) is 9.52. The zero-order valence-corrected chi connectivity index (χ0v) is 25.9. The van der Waals surface area contributed by atoms with E-state index >= 15 is 0 Å². The van der Waals surface area contributed by atoms with Gasteiger partial charge < -0.3 is 4.74 Å². The first-order valence-corrected chi connectivity index (χ1v) is 16.9. The number of rotatable bonds is 3. The summed E-state index contributed by atoms with van der Waals surface area (Å²) in [6.45, 7) is 0. The molecule has 0 bridgehead atoms. The summed E-state index contributed by atoms with van der Waals surface area (Å²) in [6, 6.07) is 18.6. The van der Waals surface area contributed by atoms with Gasteiger partial charge >= 0.3 is 0 Å². The number of fused-ring (bicyclic) bond motifs is 5. The average Bonchev–Trinajstić information content (AvgIpc) is 3.33. The van der Waals surface area contributed by atoms with Crippen LogP contribution in [0.15, 0.2) is 57.5 Å². The van der Waals surface area contributed by atoms with Crippen molar-refractivity contribution in [1.29, 1.82) is 0 Å². The van der Waals surface area contributed by atoms with Crippen LogP contribution in [0.4, 0.5) is 0 Å². The van der Waals surface area contributed by atoms with Gasteiger partial charge in [-0.25, -0.2) is 15.0 Å². The highest BCUT2D eigenvalue weighted by atomic mass is 79.9. The van der Waals surface area contributed by atoms with Gasteiger partial charge in [-0.15, -0.1) is 0 Å². The maximum Gasteiger partial charge on any atom is 0.163 e. The van der Waals surface area contributed by atoms with Crippen LogP contribution >= 0.6 is 31.9 Å². The smallest absolute Gasteiger partial charge is 0.163 e. The summed E-state index contributed by atoms with van der Waals surface area (Å²) in [7, 11) is 0. The quantitative estimate of drug-likeness (QED) is 0.283. The second-order valence-electron chi connectivity index (χ2n) is 12.7. The molecule has 40 heavy (non-hydrogen) atoms. The van der Waals surface area contributed by atoms with Crippen LogP contribution < -0.4 is 0 Å². The Morgan fingerprint density at radius 2 is 1.27 bits per heavy atom. The van der Waals surface area contributed by atoms with E-state index in [-0.39, 0.29) is 12.0 Å². The highest BCUT2D eigenvalue weighted by Gasteiger charge is 2.59. The largest absolute Gasteiger partial charge is 0.372 e. The van der Waals surface area contributed by atoms with Crippen LogP contribution in [0.3, 0.4) is 0 Å². The van der Waals surface area contributed by atoms with Crippen molar-refractivity contribution in [1.82, 2.24) is 19.9 Å². The van der Waals surface area contributed by atoms with Gasteiger partial charge in [0.1, 0.15) is 5.82 Å². The molecule has 3 heterocycles. The van der Waals surface area contributed by atoms with Crippen LogP contribution in [0.1, 0.15) is 76.0 Å². The molecule has 7 heteroatoms. The van der Waals surface area contributed by atoms with Crippen LogP contribution in [-0.2, 0) is 4.74 Å². The van der Waals surface area contributed by atoms with Crippen molar-refractivity contribution in [2.24, 2.45) is 11.8 Å². The van der Waals surface area contributed by atoms with Crippen molar-refractivity contribution >= 4 is 31.9 Å². The van der Waals surface area contributed by atoms with E-state index in [1.165, 1.54) is 51.4 Å². The molecular formula is C33H36Br2N4O. The van der Waals surface area contributed by atoms with Crippen LogP contribution in [-0.4, -0.2) is 50.2 Å².